The number of benzene rings is 1. The molecule has 0 aliphatic carbocycles. The predicted octanol–water partition coefficient (Wildman–Crippen LogP) is 2.15. The summed E-state index contributed by atoms with van der Waals surface area (Å²) in [6, 6.07) is 11.0. The molecule has 0 spiro atoms. The summed E-state index contributed by atoms with van der Waals surface area (Å²) in [5.41, 5.74) is 1.41. The van der Waals surface area contributed by atoms with Crippen LogP contribution in [0.1, 0.15) is 25.3 Å². The first-order valence-corrected chi connectivity index (χ1v) is 10.4. The molecule has 1 aromatic carbocycles. The van der Waals surface area contributed by atoms with Gasteiger partial charge in [-0.05, 0) is 24.4 Å². The zero-order valence-electron chi connectivity index (χ0n) is 10.6. The maximum Gasteiger partial charge on any atom is 0.347 e. The van der Waals surface area contributed by atoms with Crippen molar-refractivity contribution in [2.45, 2.75) is 32.2 Å². The summed E-state index contributed by atoms with van der Waals surface area (Å²) >= 11 is 0. The van der Waals surface area contributed by atoms with E-state index in [9.17, 15) is 8.42 Å². The SMILES string of the molecule is CCc1ccccc1.O=S(=O)(O)[SiH]1CCCCO1. The summed E-state index contributed by atoms with van der Waals surface area (Å²) < 4.78 is 34.5. The Kier molecular flexibility index (Phi) is 6.55. The van der Waals surface area contributed by atoms with E-state index in [2.05, 4.69) is 31.2 Å². The molecular formula is C12H20O4SSi. The molecule has 0 saturated carbocycles. The Morgan fingerprint density at radius 3 is 2.28 bits per heavy atom. The summed E-state index contributed by atoms with van der Waals surface area (Å²) in [5, 5.41) is 0. The minimum atomic E-state index is -3.81. The Morgan fingerprint density at radius 2 is 1.94 bits per heavy atom. The average molecular weight is 288 g/mol. The molecule has 0 radical (unpaired) electrons. The monoisotopic (exact) mass is 288 g/mol. The molecule has 1 aliphatic heterocycles. The van der Waals surface area contributed by atoms with E-state index >= 15 is 0 Å². The van der Waals surface area contributed by atoms with Crippen LogP contribution in [0, 0.1) is 0 Å². The van der Waals surface area contributed by atoms with Gasteiger partial charge in [0.05, 0.1) is 0 Å². The Labute approximate surface area is 110 Å². The molecular weight excluding hydrogens is 268 g/mol. The summed E-state index contributed by atoms with van der Waals surface area (Å²) in [5.74, 6) is 0. The van der Waals surface area contributed by atoms with Gasteiger partial charge in [0.1, 0.15) is 0 Å². The van der Waals surface area contributed by atoms with Gasteiger partial charge in [0, 0.05) is 6.61 Å². The molecule has 18 heavy (non-hydrogen) atoms. The lowest BCUT2D eigenvalue weighted by molar-refractivity contribution is 0.294. The van der Waals surface area contributed by atoms with Crippen LogP contribution in [-0.2, 0) is 20.4 Å². The highest BCUT2D eigenvalue weighted by atomic mass is 32.4. The van der Waals surface area contributed by atoms with E-state index < -0.39 is 17.8 Å². The van der Waals surface area contributed by atoms with Gasteiger partial charge in [-0.15, -0.1) is 0 Å². The van der Waals surface area contributed by atoms with Crippen LogP contribution in [0.15, 0.2) is 30.3 Å². The molecule has 1 fully saturated rings. The first kappa shape index (κ1) is 15.4. The van der Waals surface area contributed by atoms with Crippen LogP contribution in [-0.4, -0.2) is 27.8 Å². The van der Waals surface area contributed by atoms with Gasteiger partial charge < -0.3 is 4.43 Å². The molecule has 0 aromatic heterocycles. The molecule has 102 valence electrons. The second kappa shape index (κ2) is 7.68. The molecule has 1 atom stereocenters. The Morgan fingerprint density at radius 1 is 1.28 bits per heavy atom. The highest BCUT2D eigenvalue weighted by molar-refractivity contribution is 8.13. The summed E-state index contributed by atoms with van der Waals surface area (Å²) in [6.07, 6.45) is 2.93. The van der Waals surface area contributed by atoms with E-state index in [4.69, 9.17) is 8.98 Å². The van der Waals surface area contributed by atoms with Crippen molar-refractivity contribution in [2.24, 2.45) is 0 Å². The van der Waals surface area contributed by atoms with E-state index in [1.54, 1.807) is 0 Å². The first-order valence-electron chi connectivity index (χ1n) is 6.16. The molecule has 1 N–H and O–H groups in total. The maximum atomic E-state index is 10.5. The molecule has 6 heteroatoms. The van der Waals surface area contributed by atoms with Crippen LogP contribution in [0.4, 0.5) is 0 Å². The zero-order chi connectivity index (χ0) is 13.4. The van der Waals surface area contributed by atoms with Crippen molar-refractivity contribution in [2.75, 3.05) is 6.61 Å². The highest BCUT2D eigenvalue weighted by Gasteiger charge is 2.29. The van der Waals surface area contributed by atoms with Gasteiger partial charge in [0.25, 0.3) is 9.57 Å². The number of aryl methyl sites for hydroxylation is 1. The summed E-state index contributed by atoms with van der Waals surface area (Å²) in [6.45, 7) is 2.66. The van der Waals surface area contributed by atoms with Gasteiger partial charge in [-0.3, -0.25) is 4.55 Å². The third-order valence-electron chi connectivity index (χ3n) is 2.72. The average Bonchev–Trinajstić information content (AvgIpc) is 2.40. The largest absolute Gasteiger partial charge is 0.404 e. The maximum absolute atomic E-state index is 10.5. The van der Waals surface area contributed by atoms with Crippen LogP contribution in [0.3, 0.4) is 0 Å². The van der Waals surface area contributed by atoms with Crippen molar-refractivity contribution in [1.82, 2.24) is 0 Å². The third kappa shape index (κ3) is 5.77. The Bertz CT molecular complexity index is 427. The van der Waals surface area contributed by atoms with Crippen LogP contribution >= 0.6 is 0 Å². The fourth-order valence-corrected chi connectivity index (χ4v) is 5.55. The molecule has 2 rings (SSSR count). The standard InChI is InChI=1S/C8H10.C4H10O4SSi/c1-2-8-6-4-3-5-7-8;5-9(6,7)10-4-2-1-3-8-10/h3-7H,2H2,1H3;10H,1-4H2,(H,5,6,7). The normalized spacial score (nSPS) is 19.8. The van der Waals surface area contributed by atoms with Crippen molar-refractivity contribution in [3.05, 3.63) is 35.9 Å². The minimum absolute atomic E-state index is 0.497. The lowest BCUT2D eigenvalue weighted by Gasteiger charge is -2.17. The zero-order valence-corrected chi connectivity index (χ0v) is 12.6. The van der Waals surface area contributed by atoms with Crippen molar-refractivity contribution in [3.63, 3.8) is 0 Å². The first-order chi connectivity index (χ1) is 8.54. The fourth-order valence-electron chi connectivity index (χ4n) is 1.66. The minimum Gasteiger partial charge on any atom is -0.404 e. The number of hydrogen-bond acceptors (Lipinski definition) is 3. The predicted molar refractivity (Wildman–Crippen MR) is 74.5 cm³/mol. The lowest BCUT2D eigenvalue weighted by atomic mass is 10.2. The van der Waals surface area contributed by atoms with Crippen LogP contribution < -0.4 is 0 Å². The van der Waals surface area contributed by atoms with Crippen molar-refractivity contribution >= 4 is 17.8 Å². The van der Waals surface area contributed by atoms with E-state index in [-0.39, 0.29) is 0 Å². The second-order valence-electron chi connectivity index (χ2n) is 4.15. The van der Waals surface area contributed by atoms with Crippen molar-refractivity contribution < 1.29 is 17.4 Å². The lowest BCUT2D eigenvalue weighted by Crippen LogP contribution is -2.32. The molecule has 1 unspecified atom stereocenters. The molecule has 1 aromatic rings. The quantitative estimate of drug-likeness (QED) is 0.669. The van der Waals surface area contributed by atoms with E-state index in [1.807, 2.05) is 6.07 Å². The van der Waals surface area contributed by atoms with E-state index in [0.29, 0.717) is 12.7 Å². The number of rotatable bonds is 2. The van der Waals surface area contributed by atoms with Gasteiger partial charge in [-0.1, -0.05) is 43.7 Å². The smallest absolute Gasteiger partial charge is 0.347 e. The molecule has 4 nitrogen and oxygen atoms in total. The molecule has 1 aliphatic rings. The Balaban J connectivity index is 0.000000184. The van der Waals surface area contributed by atoms with Gasteiger partial charge in [-0.25, -0.2) is 8.42 Å². The summed E-state index contributed by atoms with van der Waals surface area (Å²) in [4.78, 5) is 0. The van der Waals surface area contributed by atoms with Crippen LogP contribution in [0.2, 0.25) is 6.04 Å². The Hall–Kier alpha value is -0.693. The highest BCUT2D eigenvalue weighted by Crippen LogP contribution is 2.13. The van der Waals surface area contributed by atoms with E-state index in [1.165, 1.54) is 5.56 Å². The molecule has 0 bridgehead atoms. The van der Waals surface area contributed by atoms with E-state index in [0.717, 1.165) is 19.3 Å². The van der Waals surface area contributed by atoms with Crippen molar-refractivity contribution in [1.29, 1.82) is 0 Å². The fraction of sp³-hybridized carbons (Fsp3) is 0.500. The van der Waals surface area contributed by atoms with Crippen LogP contribution in [0.5, 0.6) is 0 Å². The van der Waals surface area contributed by atoms with Crippen LogP contribution in [0.25, 0.3) is 0 Å². The molecule has 1 heterocycles. The number of hydrogen-bond donors (Lipinski definition) is 1. The molecule has 0 amide bonds. The van der Waals surface area contributed by atoms with Crippen molar-refractivity contribution in [3.8, 4) is 0 Å². The third-order valence-corrected chi connectivity index (χ3v) is 7.98. The topological polar surface area (TPSA) is 63.6 Å². The van der Waals surface area contributed by atoms with Gasteiger partial charge in [0.15, 0.2) is 0 Å². The van der Waals surface area contributed by atoms with Gasteiger partial charge in [0.2, 0.25) is 0 Å². The second-order valence-corrected chi connectivity index (χ2v) is 10.3. The summed E-state index contributed by atoms with van der Waals surface area (Å²) in [7, 11) is -6.10. The van der Waals surface area contributed by atoms with Gasteiger partial charge >= 0.3 is 8.19 Å². The molecule has 1 saturated heterocycles. The van der Waals surface area contributed by atoms with Gasteiger partial charge in [-0.2, -0.15) is 0 Å².